The maximum Gasteiger partial charge on any atom is 0.0946 e. The first-order valence-corrected chi connectivity index (χ1v) is 5.52. The van der Waals surface area contributed by atoms with Gasteiger partial charge in [0.25, 0.3) is 0 Å². The van der Waals surface area contributed by atoms with E-state index in [-0.39, 0.29) is 5.54 Å². The molecule has 0 amide bonds. The fraction of sp³-hybridized carbons (Fsp3) is 0.727. The molecule has 15 heavy (non-hydrogen) atoms. The van der Waals surface area contributed by atoms with E-state index in [1.54, 1.807) is 12.5 Å². The van der Waals surface area contributed by atoms with Gasteiger partial charge < -0.3 is 15.0 Å². The Kier molecular flexibility index (Phi) is 4.78. The van der Waals surface area contributed by atoms with Crippen LogP contribution in [0.15, 0.2) is 18.7 Å². The molecule has 0 spiro atoms. The molecule has 0 aliphatic rings. The normalized spacial score (nSPS) is 11.9. The molecule has 1 rings (SSSR count). The molecule has 1 aromatic heterocycles. The van der Waals surface area contributed by atoms with Gasteiger partial charge in [-0.25, -0.2) is 4.98 Å². The Morgan fingerprint density at radius 1 is 1.40 bits per heavy atom. The average molecular weight is 211 g/mol. The summed E-state index contributed by atoms with van der Waals surface area (Å²) in [6.07, 6.45) is 7.39. The smallest absolute Gasteiger partial charge is 0.0946 e. The Bertz CT molecular complexity index is 255. The molecular formula is C11H21N3O. The number of hydrogen-bond donors (Lipinski definition) is 1. The monoisotopic (exact) mass is 211 g/mol. The predicted molar refractivity (Wildman–Crippen MR) is 60.5 cm³/mol. The van der Waals surface area contributed by atoms with Gasteiger partial charge in [0.1, 0.15) is 0 Å². The molecule has 0 aromatic carbocycles. The van der Waals surface area contributed by atoms with E-state index in [1.807, 2.05) is 10.8 Å². The van der Waals surface area contributed by atoms with Crippen LogP contribution in [0.4, 0.5) is 0 Å². The molecule has 0 unspecified atom stereocenters. The zero-order valence-corrected chi connectivity index (χ0v) is 9.65. The molecule has 0 saturated heterocycles. The largest absolute Gasteiger partial charge is 0.378 e. The number of nitrogens with zero attached hydrogens (tertiary/aromatic N) is 2. The lowest BCUT2D eigenvalue weighted by Crippen LogP contribution is -2.43. The molecule has 0 saturated carbocycles. The number of hydrogen-bond acceptors (Lipinski definition) is 3. The summed E-state index contributed by atoms with van der Waals surface area (Å²) in [5.41, 5.74) is 5.95. The molecule has 0 bridgehead atoms. The first-order chi connectivity index (χ1) is 7.20. The highest BCUT2D eigenvalue weighted by Gasteiger charge is 2.19. The maximum atomic E-state index is 6.11. The summed E-state index contributed by atoms with van der Waals surface area (Å²) in [6, 6.07) is 0. The van der Waals surface area contributed by atoms with Crippen LogP contribution in [0.5, 0.6) is 0 Å². The first kappa shape index (κ1) is 12.2. The SMILES string of the molecule is CCC(N)(CC)COCCn1ccnc1. The third-order valence-electron chi connectivity index (χ3n) is 2.85. The highest BCUT2D eigenvalue weighted by molar-refractivity contribution is 4.80. The molecule has 2 N–H and O–H groups in total. The summed E-state index contributed by atoms with van der Waals surface area (Å²) in [7, 11) is 0. The molecule has 0 atom stereocenters. The molecule has 0 radical (unpaired) electrons. The van der Waals surface area contributed by atoms with Gasteiger partial charge in [0, 0.05) is 24.5 Å². The minimum atomic E-state index is -0.158. The van der Waals surface area contributed by atoms with Crippen molar-refractivity contribution in [2.75, 3.05) is 13.2 Å². The van der Waals surface area contributed by atoms with Gasteiger partial charge >= 0.3 is 0 Å². The van der Waals surface area contributed by atoms with Gasteiger partial charge in [-0.15, -0.1) is 0 Å². The van der Waals surface area contributed by atoms with Crippen molar-refractivity contribution in [1.82, 2.24) is 9.55 Å². The van der Waals surface area contributed by atoms with Crippen LogP contribution < -0.4 is 5.73 Å². The number of ether oxygens (including phenoxy) is 1. The van der Waals surface area contributed by atoms with Gasteiger partial charge in [-0.2, -0.15) is 0 Å². The second kappa shape index (κ2) is 5.88. The van der Waals surface area contributed by atoms with Gasteiger partial charge in [-0.1, -0.05) is 13.8 Å². The third-order valence-corrected chi connectivity index (χ3v) is 2.85. The average Bonchev–Trinajstić information content (AvgIpc) is 2.77. The second-order valence-electron chi connectivity index (χ2n) is 3.92. The molecular weight excluding hydrogens is 190 g/mol. The van der Waals surface area contributed by atoms with Crippen LogP contribution in [0, 0.1) is 0 Å². The molecule has 4 nitrogen and oxygen atoms in total. The summed E-state index contributed by atoms with van der Waals surface area (Å²) < 4.78 is 7.58. The van der Waals surface area contributed by atoms with Crippen molar-refractivity contribution >= 4 is 0 Å². The minimum Gasteiger partial charge on any atom is -0.378 e. The summed E-state index contributed by atoms with van der Waals surface area (Å²) in [4.78, 5) is 3.96. The van der Waals surface area contributed by atoms with Gasteiger partial charge in [-0.3, -0.25) is 0 Å². The number of nitrogens with two attached hydrogens (primary N) is 1. The van der Waals surface area contributed by atoms with Crippen molar-refractivity contribution < 1.29 is 4.74 Å². The fourth-order valence-corrected chi connectivity index (χ4v) is 1.32. The fourth-order valence-electron chi connectivity index (χ4n) is 1.32. The predicted octanol–water partition coefficient (Wildman–Crippen LogP) is 1.42. The van der Waals surface area contributed by atoms with Crippen LogP contribution in [0.25, 0.3) is 0 Å². The van der Waals surface area contributed by atoms with E-state index in [1.165, 1.54) is 0 Å². The van der Waals surface area contributed by atoms with Crippen LogP contribution in [-0.2, 0) is 11.3 Å². The van der Waals surface area contributed by atoms with Crippen LogP contribution in [-0.4, -0.2) is 28.3 Å². The highest BCUT2D eigenvalue weighted by atomic mass is 16.5. The molecule has 86 valence electrons. The van der Waals surface area contributed by atoms with Crippen molar-refractivity contribution in [2.24, 2.45) is 5.73 Å². The van der Waals surface area contributed by atoms with Crippen molar-refractivity contribution in [3.05, 3.63) is 18.7 Å². The summed E-state index contributed by atoms with van der Waals surface area (Å²) in [5, 5.41) is 0. The number of imidazole rings is 1. The second-order valence-corrected chi connectivity index (χ2v) is 3.92. The lowest BCUT2D eigenvalue weighted by molar-refractivity contribution is 0.0756. The van der Waals surface area contributed by atoms with Gasteiger partial charge in [-0.05, 0) is 12.8 Å². The Labute approximate surface area is 91.4 Å². The van der Waals surface area contributed by atoms with E-state index in [0.29, 0.717) is 13.2 Å². The maximum absolute atomic E-state index is 6.11. The minimum absolute atomic E-state index is 0.158. The van der Waals surface area contributed by atoms with Crippen LogP contribution in [0.1, 0.15) is 26.7 Å². The molecule has 4 heteroatoms. The third kappa shape index (κ3) is 4.01. The summed E-state index contributed by atoms with van der Waals surface area (Å²) >= 11 is 0. The number of rotatable bonds is 7. The van der Waals surface area contributed by atoms with E-state index in [2.05, 4.69) is 18.8 Å². The Morgan fingerprint density at radius 2 is 2.13 bits per heavy atom. The standard InChI is InChI=1S/C11H21N3O/c1-3-11(12,4-2)9-15-8-7-14-6-5-13-10-14/h5-6,10H,3-4,7-9,12H2,1-2H3. The molecule has 0 fully saturated rings. The van der Waals surface area contributed by atoms with Crippen molar-refractivity contribution in [3.8, 4) is 0 Å². The van der Waals surface area contributed by atoms with Crippen molar-refractivity contribution in [2.45, 2.75) is 38.8 Å². The quantitative estimate of drug-likeness (QED) is 0.694. The van der Waals surface area contributed by atoms with Crippen LogP contribution in [0.2, 0.25) is 0 Å². The zero-order valence-electron chi connectivity index (χ0n) is 9.65. The van der Waals surface area contributed by atoms with Crippen molar-refractivity contribution in [3.63, 3.8) is 0 Å². The van der Waals surface area contributed by atoms with Gasteiger partial charge in [0.05, 0.1) is 19.5 Å². The Morgan fingerprint density at radius 3 is 2.67 bits per heavy atom. The first-order valence-electron chi connectivity index (χ1n) is 5.52. The highest BCUT2D eigenvalue weighted by Crippen LogP contribution is 2.11. The van der Waals surface area contributed by atoms with E-state index in [4.69, 9.17) is 10.5 Å². The molecule has 0 aliphatic carbocycles. The van der Waals surface area contributed by atoms with Gasteiger partial charge in [0.2, 0.25) is 0 Å². The molecule has 1 aromatic rings. The summed E-state index contributed by atoms with van der Waals surface area (Å²) in [5.74, 6) is 0. The lowest BCUT2D eigenvalue weighted by atomic mass is 9.96. The van der Waals surface area contributed by atoms with Gasteiger partial charge in [0.15, 0.2) is 0 Å². The van der Waals surface area contributed by atoms with E-state index in [0.717, 1.165) is 19.4 Å². The Hall–Kier alpha value is -0.870. The Balaban J connectivity index is 2.16. The van der Waals surface area contributed by atoms with E-state index < -0.39 is 0 Å². The zero-order chi connectivity index (χ0) is 11.1. The van der Waals surface area contributed by atoms with Crippen LogP contribution >= 0.6 is 0 Å². The van der Waals surface area contributed by atoms with E-state index >= 15 is 0 Å². The summed E-state index contributed by atoms with van der Waals surface area (Å²) in [6.45, 7) is 6.36. The number of aromatic nitrogens is 2. The van der Waals surface area contributed by atoms with E-state index in [9.17, 15) is 0 Å². The molecule has 0 aliphatic heterocycles. The van der Waals surface area contributed by atoms with Crippen LogP contribution in [0.3, 0.4) is 0 Å². The topological polar surface area (TPSA) is 53.1 Å². The van der Waals surface area contributed by atoms with Crippen molar-refractivity contribution in [1.29, 1.82) is 0 Å². The lowest BCUT2D eigenvalue weighted by Gasteiger charge is -2.26. The molecule has 1 heterocycles.